The quantitative estimate of drug-likeness (QED) is 0.566. The molecule has 0 saturated carbocycles. The van der Waals surface area contributed by atoms with Gasteiger partial charge < -0.3 is 9.88 Å². The summed E-state index contributed by atoms with van der Waals surface area (Å²) in [6.07, 6.45) is -3.29. The maximum atomic E-state index is 13.0. The first-order valence-corrected chi connectivity index (χ1v) is 8.88. The number of halogens is 3. The molecule has 0 saturated heterocycles. The lowest BCUT2D eigenvalue weighted by atomic mass is 10.2. The average molecular weight is 407 g/mol. The Hall–Kier alpha value is -3.21. The Morgan fingerprint density at radius 1 is 1.29 bits per heavy atom. The first-order valence-electron chi connectivity index (χ1n) is 8.00. The third kappa shape index (κ3) is 3.13. The minimum absolute atomic E-state index is 0.103. The van der Waals surface area contributed by atoms with Crippen molar-refractivity contribution in [3.63, 3.8) is 0 Å². The van der Waals surface area contributed by atoms with Crippen LogP contribution in [-0.2, 0) is 24.6 Å². The minimum Gasteiger partial charge on any atom is -0.324 e. The first-order chi connectivity index (χ1) is 13.2. The zero-order valence-corrected chi connectivity index (χ0v) is 15.1. The second-order valence-corrected chi connectivity index (χ2v) is 6.96. The van der Waals surface area contributed by atoms with Crippen LogP contribution in [0.5, 0.6) is 0 Å². The van der Waals surface area contributed by atoms with Gasteiger partial charge in [0.25, 0.3) is 5.56 Å². The number of rotatable bonds is 3. The number of imidazole rings is 1. The number of thiophene rings is 1. The molecule has 11 heteroatoms. The van der Waals surface area contributed by atoms with Crippen LogP contribution < -0.4 is 10.9 Å². The second kappa shape index (κ2) is 6.44. The monoisotopic (exact) mass is 407 g/mol. The minimum atomic E-state index is -4.58. The Balaban J connectivity index is 1.58. The van der Waals surface area contributed by atoms with E-state index in [0.717, 1.165) is 4.57 Å². The number of nitrogens with zero attached hydrogens (tertiary/aromatic N) is 4. The van der Waals surface area contributed by atoms with Gasteiger partial charge in [-0.3, -0.25) is 14.2 Å². The molecular weight excluding hydrogens is 395 g/mol. The van der Waals surface area contributed by atoms with E-state index in [1.165, 1.54) is 47.5 Å². The van der Waals surface area contributed by atoms with E-state index in [9.17, 15) is 22.8 Å². The van der Waals surface area contributed by atoms with Gasteiger partial charge in [-0.2, -0.15) is 13.2 Å². The smallest absolute Gasteiger partial charge is 0.324 e. The maximum absolute atomic E-state index is 13.0. The molecule has 7 nitrogen and oxygen atoms in total. The van der Waals surface area contributed by atoms with Crippen molar-refractivity contribution in [2.75, 3.05) is 5.32 Å². The number of carbonyl (C=O) groups is 1. The van der Waals surface area contributed by atoms with Gasteiger partial charge in [-0.25, -0.2) is 9.97 Å². The van der Waals surface area contributed by atoms with Gasteiger partial charge in [0.1, 0.15) is 11.4 Å². The number of aryl methyl sites for hydroxylation is 1. The number of carbonyl (C=O) groups excluding carboxylic acids is 1. The Morgan fingerprint density at radius 3 is 2.82 bits per heavy atom. The number of aromatic nitrogens is 4. The molecule has 0 fully saturated rings. The van der Waals surface area contributed by atoms with Crippen LogP contribution in [0.25, 0.3) is 21.3 Å². The van der Waals surface area contributed by atoms with Crippen LogP contribution >= 0.6 is 11.3 Å². The van der Waals surface area contributed by atoms with Crippen molar-refractivity contribution in [2.24, 2.45) is 7.05 Å². The third-order valence-corrected chi connectivity index (χ3v) is 5.00. The third-order valence-electron chi connectivity index (χ3n) is 4.18. The standard InChI is InChI=1S/C17H12F3N5O2S/c1-24-12-3-2-9(6-11(12)23-16(24)17(18,19)20)22-13(26)7-25-8-21-14-10(15(25)27)4-5-28-14/h2-6,8H,7H2,1H3,(H,22,26). The van der Waals surface area contributed by atoms with E-state index in [1.54, 1.807) is 11.4 Å². The van der Waals surface area contributed by atoms with Crippen molar-refractivity contribution in [1.29, 1.82) is 0 Å². The van der Waals surface area contributed by atoms with E-state index < -0.39 is 17.9 Å². The van der Waals surface area contributed by atoms with Gasteiger partial charge >= 0.3 is 6.18 Å². The summed E-state index contributed by atoms with van der Waals surface area (Å²) in [5.74, 6) is -1.53. The molecular formula is C17H12F3N5O2S. The molecule has 3 heterocycles. The SMILES string of the molecule is Cn1c(C(F)(F)F)nc2cc(NC(=O)Cn3cnc4sccc4c3=O)ccc21. The summed E-state index contributed by atoms with van der Waals surface area (Å²) >= 11 is 1.32. The van der Waals surface area contributed by atoms with Crippen LogP contribution in [0, 0.1) is 0 Å². The number of benzene rings is 1. The van der Waals surface area contributed by atoms with Crippen LogP contribution in [0.15, 0.2) is 40.8 Å². The van der Waals surface area contributed by atoms with Gasteiger partial charge in [-0.1, -0.05) is 0 Å². The van der Waals surface area contributed by atoms with E-state index >= 15 is 0 Å². The Labute approximate surface area is 159 Å². The van der Waals surface area contributed by atoms with E-state index in [-0.39, 0.29) is 28.8 Å². The van der Waals surface area contributed by atoms with Crippen molar-refractivity contribution >= 4 is 44.2 Å². The lowest BCUT2D eigenvalue weighted by Gasteiger charge is -2.07. The number of hydrogen-bond donors (Lipinski definition) is 1. The van der Waals surface area contributed by atoms with Crippen LogP contribution in [-0.4, -0.2) is 25.0 Å². The van der Waals surface area contributed by atoms with Crippen LogP contribution in [0.1, 0.15) is 5.82 Å². The van der Waals surface area contributed by atoms with Crippen LogP contribution in [0.3, 0.4) is 0 Å². The van der Waals surface area contributed by atoms with E-state index in [1.807, 2.05) is 0 Å². The fourth-order valence-electron chi connectivity index (χ4n) is 2.89. The molecule has 0 unspecified atom stereocenters. The fourth-order valence-corrected chi connectivity index (χ4v) is 3.62. The molecule has 0 aliphatic heterocycles. The highest BCUT2D eigenvalue weighted by Gasteiger charge is 2.36. The molecule has 28 heavy (non-hydrogen) atoms. The lowest BCUT2D eigenvalue weighted by Crippen LogP contribution is -2.27. The molecule has 0 aliphatic rings. The Morgan fingerprint density at radius 2 is 2.07 bits per heavy atom. The predicted molar refractivity (Wildman–Crippen MR) is 98.2 cm³/mol. The molecule has 4 rings (SSSR count). The summed E-state index contributed by atoms with van der Waals surface area (Å²) < 4.78 is 41.0. The van der Waals surface area contributed by atoms with Crippen molar-refractivity contribution in [2.45, 2.75) is 12.7 Å². The molecule has 0 atom stereocenters. The molecule has 1 N–H and O–H groups in total. The van der Waals surface area contributed by atoms with Crippen molar-refractivity contribution in [3.8, 4) is 0 Å². The number of anilines is 1. The van der Waals surface area contributed by atoms with Gasteiger partial charge in [0.05, 0.1) is 22.7 Å². The number of hydrogen-bond acceptors (Lipinski definition) is 5. The molecule has 1 amide bonds. The molecule has 0 radical (unpaired) electrons. The predicted octanol–water partition coefficient (Wildman–Crippen LogP) is 3.00. The molecule has 1 aromatic carbocycles. The molecule has 144 valence electrons. The summed E-state index contributed by atoms with van der Waals surface area (Å²) in [4.78, 5) is 32.9. The van der Waals surface area contributed by atoms with Gasteiger partial charge in [0.2, 0.25) is 11.7 Å². The summed E-state index contributed by atoms with van der Waals surface area (Å²) in [6.45, 7) is -0.272. The zero-order chi connectivity index (χ0) is 20.1. The number of nitrogens with one attached hydrogen (secondary N) is 1. The molecule has 0 spiro atoms. The number of fused-ring (bicyclic) bond motifs is 2. The Kier molecular flexibility index (Phi) is 4.18. The Bertz CT molecular complexity index is 1270. The van der Waals surface area contributed by atoms with E-state index in [0.29, 0.717) is 10.2 Å². The normalized spacial score (nSPS) is 12.0. The maximum Gasteiger partial charge on any atom is 0.449 e. The van der Waals surface area contributed by atoms with E-state index in [4.69, 9.17) is 0 Å². The second-order valence-electron chi connectivity index (χ2n) is 6.06. The number of amides is 1. The van der Waals surface area contributed by atoms with Crippen LogP contribution in [0.4, 0.5) is 18.9 Å². The highest BCUT2D eigenvalue weighted by atomic mass is 32.1. The molecule has 4 aromatic rings. The topological polar surface area (TPSA) is 81.8 Å². The zero-order valence-electron chi connectivity index (χ0n) is 14.3. The van der Waals surface area contributed by atoms with Crippen molar-refractivity contribution in [3.05, 3.63) is 52.2 Å². The fraction of sp³-hybridized carbons (Fsp3) is 0.176. The first kappa shape index (κ1) is 18.2. The number of alkyl halides is 3. The molecule has 3 aromatic heterocycles. The van der Waals surface area contributed by atoms with E-state index in [2.05, 4.69) is 15.3 Å². The van der Waals surface area contributed by atoms with Crippen molar-refractivity contribution in [1.82, 2.24) is 19.1 Å². The van der Waals surface area contributed by atoms with Gasteiger partial charge in [-0.05, 0) is 29.6 Å². The largest absolute Gasteiger partial charge is 0.449 e. The summed E-state index contributed by atoms with van der Waals surface area (Å²) in [5, 5.41) is 4.73. The summed E-state index contributed by atoms with van der Waals surface area (Å²) in [6, 6.07) is 5.91. The highest BCUT2D eigenvalue weighted by molar-refractivity contribution is 7.16. The average Bonchev–Trinajstić information content (AvgIpc) is 3.22. The summed E-state index contributed by atoms with van der Waals surface area (Å²) in [7, 11) is 1.27. The summed E-state index contributed by atoms with van der Waals surface area (Å²) in [5.41, 5.74) is 0.332. The van der Waals surface area contributed by atoms with Crippen molar-refractivity contribution < 1.29 is 18.0 Å². The molecule has 0 bridgehead atoms. The van der Waals surface area contributed by atoms with Gasteiger partial charge in [0, 0.05) is 12.7 Å². The highest BCUT2D eigenvalue weighted by Crippen LogP contribution is 2.31. The van der Waals surface area contributed by atoms with Gasteiger partial charge in [-0.15, -0.1) is 11.3 Å². The lowest BCUT2D eigenvalue weighted by molar-refractivity contribution is -0.146. The van der Waals surface area contributed by atoms with Gasteiger partial charge in [0.15, 0.2) is 0 Å². The van der Waals surface area contributed by atoms with Crippen LogP contribution in [0.2, 0.25) is 0 Å². The molecule has 0 aliphatic carbocycles.